The molecule has 5 heteroatoms. The molecular formula is C13H21N3O2. The van der Waals surface area contributed by atoms with E-state index in [1.807, 2.05) is 0 Å². The van der Waals surface area contributed by atoms with Gasteiger partial charge in [-0.25, -0.2) is 0 Å². The predicted molar refractivity (Wildman–Crippen MR) is 66.3 cm³/mol. The van der Waals surface area contributed by atoms with Crippen LogP contribution in [-0.2, 0) is 17.6 Å². The van der Waals surface area contributed by atoms with E-state index in [9.17, 15) is 0 Å². The molecule has 2 unspecified atom stereocenters. The smallest absolute Gasteiger partial charge is 0.228 e. The van der Waals surface area contributed by atoms with E-state index < -0.39 is 0 Å². The van der Waals surface area contributed by atoms with Crippen LogP contribution in [0.5, 0.6) is 0 Å². The molecule has 18 heavy (non-hydrogen) atoms. The van der Waals surface area contributed by atoms with Gasteiger partial charge in [-0.15, -0.1) is 0 Å². The van der Waals surface area contributed by atoms with Gasteiger partial charge in [0.05, 0.1) is 6.10 Å². The lowest BCUT2D eigenvalue weighted by Crippen LogP contribution is -2.24. The van der Waals surface area contributed by atoms with Crippen molar-refractivity contribution in [2.75, 3.05) is 13.2 Å². The fourth-order valence-electron chi connectivity index (χ4n) is 2.77. The van der Waals surface area contributed by atoms with Crippen molar-refractivity contribution in [3.8, 4) is 0 Å². The maximum atomic E-state index is 5.69. The van der Waals surface area contributed by atoms with E-state index in [1.165, 1.54) is 25.7 Å². The maximum Gasteiger partial charge on any atom is 0.228 e. The molecule has 1 aromatic heterocycles. The van der Waals surface area contributed by atoms with Crippen molar-refractivity contribution in [3.05, 3.63) is 11.7 Å². The highest BCUT2D eigenvalue weighted by Crippen LogP contribution is 2.17. The van der Waals surface area contributed by atoms with Crippen LogP contribution in [0.25, 0.3) is 0 Å². The topological polar surface area (TPSA) is 60.2 Å². The number of nitrogens with one attached hydrogen (secondary N) is 1. The zero-order chi connectivity index (χ0) is 12.2. The molecule has 2 atom stereocenters. The molecule has 2 aliphatic heterocycles. The number of aromatic nitrogens is 2. The molecule has 5 nitrogen and oxygen atoms in total. The lowest BCUT2D eigenvalue weighted by atomic mass is 10.1. The van der Waals surface area contributed by atoms with Crippen molar-refractivity contribution in [2.45, 2.75) is 57.1 Å². The van der Waals surface area contributed by atoms with Crippen LogP contribution in [-0.4, -0.2) is 35.4 Å². The molecular weight excluding hydrogens is 230 g/mol. The van der Waals surface area contributed by atoms with Crippen LogP contribution in [0.3, 0.4) is 0 Å². The van der Waals surface area contributed by atoms with Gasteiger partial charge in [-0.2, -0.15) is 4.98 Å². The average molecular weight is 251 g/mol. The summed E-state index contributed by atoms with van der Waals surface area (Å²) in [6.45, 7) is 1.99. The van der Waals surface area contributed by atoms with Gasteiger partial charge in [-0.3, -0.25) is 0 Å². The monoisotopic (exact) mass is 251 g/mol. The summed E-state index contributed by atoms with van der Waals surface area (Å²) in [5.74, 6) is 1.56. The summed E-state index contributed by atoms with van der Waals surface area (Å²) in [6, 6.07) is 0.518. The van der Waals surface area contributed by atoms with Gasteiger partial charge in [0.25, 0.3) is 0 Å². The van der Waals surface area contributed by atoms with Crippen molar-refractivity contribution in [2.24, 2.45) is 0 Å². The number of ether oxygens (including phenoxy) is 1. The van der Waals surface area contributed by atoms with Gasteiger partial charge in [0, 0.05) is 25.5 Å². The number of rotatable bonds is 4. The molecule has 0 amide bonds. The minimum Gasteiger partial charge on any atom is -0.378 e. The highest BCUT2D eigenvalue weighted by atomic mass is 16.5. The summed E-state index contributed by atoms with van der Waals surface area (Å²) < 4.78 is 11.0. The molecule has 3 rings (SSSR count). The Morgan fingerprint density at radius 2 is 2.17 bits per heavy atom. The lowest BCUT2D eigenvalue weighted by molar-refractivity contribution is 0.0153. The zero-order valence-electron chi connectivity index (χ0n) is 10.7. The Morgan fingerprint density at radius 1 is 1.17 bits per heavy atom. The fourth-order valence-corrected chi connectivity index (χ4v) is 2.77. The fraction of sp³-hybridized carbons (Fsp3) is 0.846. The van der Waals surface area contributed by atoms with E-state index in [-0.39, 0.29) is 6.10 Å². The molecule has 1 aromatic rings. The van der Waals surface area contributed by atoms with Gasteiger partial charge in [0.1, 0.15) is 0 Å². The Bertz CT molecular complexity index is 368. The Hall–Kier alpha value is -0.940. The Kier molecular flexibility index (Phi) is 3.90. The van der Waals surface area contributed by atoms with Crippen LogP contribution in [0.4, 0.5) is 0 Å². The third-order valence-electron chi connectivity index (χ3n) is 3.78. The Balaban J connectivity index is 1.52. The van der Waals surface area contributed by atoms with Crippen molar-refractivity contribution >= 4 is 0 Å². The molecule has 0 spiro atoms. The second-order valence-corrected chi connectivity index (χ2v) is 5.29. The summed E-state index contributed by atoms with van der Waals surface area (Å²) in [5, 5.41) is 7.50. The number of hydrogen-bond donors (Lipinski definition) is 1. The number of nitrogens with zero attached hydrogens (tertiary/aromatic N) is 2. The SMILES string of the molecule is C1CCC(Cc2noc(CC3CCCN3)n2)OC1. The van der Waals surface area contributed by atoms with Crippen LogP contribution in [0.2, 0.25) is 0 Å². The molecule has 3 heterocycles. The van der Waals surface area contributed by atoms with Crippen LogP contribution in [0, 0.1) is 0 Å². The van der Waals surface area contributed by atoms with Gasteiger partial charge in [-0.1, -0.05) is 5.16 Å². The van der Waals surface area contributed by atoms with E-state index in [1.54, 1.807) is 0 Å². The van der Waals surface area contributed by atoms with E-state index >= 15 is 0 Å². The molecule has 2 saturated heterocycles. The van der Waals surface area contributed by atoms with E-state index in [4.69, 9.17) is 9.26 Å². The average Bonchev–Trinajstić information content (AvgIpc) is 3.03. The third-order valence-corrected chi connectivity index (χ3v) is 3.78. The van der Waals surface area contributed by atoms with E-state index in [0.29, 0.717) is 6.04 Å². The van der Waals surface area contributed by atoms with Crippen LogP contribution >= 0.6 is 0 Å². The second kappa shape index (κ2) is 5.80. The summed E-state index contributed by atoms with van der Waals surface area (Å²) >= 11 is 0. The Morgan fingerprint density at radius 3 is 2.94 bits per heavy atom. The van der Waals surface area contributed by atoms with Crippen molar-refractivity contribution in [1.82, 2.24) is 15.5 Å². The van der Waals surface area contributed by atoms with Gasteiger partial charge < -0.3 is 14.6 Å². The van der Waals surface area contributed by atoms with Gasteiger partial charge >= 0.3 is 0 Å². The summed E-state index contributed by atoms with van der Waals surface area (Å²) in [6.07, 6.45) is 7.95. The molecule has 0 saturated carbocycles. The minimum absolute atomic E-state index is 0.286. The first-order valence-corrected chi connectivity index (χ1v) is 7.06. The predicted octanol–water partition coefficient (Wildman–Crippen LogP) is 1.48. The van der Waals surface area contributed by atoms with Gasteiger partial charge in [0.15, 0.2) is 5.82 Å². The van der Waals surface area contributed by atoms with E-state index in [0.717, 1.165) is 44.1 Å². The van der Waals surface area contributed by atoms with Gasteiger partial charge in [-0.05, 0) is 38.6 Å². The second-order valence-electron chi connectivity index (χ2n) is 5.29. The largest absolute Gasteiger partial charge is 0.378 e. The molecule has 0 bridgehead atoms. The summed E-state index contributed by atoms with van der Waals surface area (Å²) in [7, 11) is 0. The first-order chi connectivity index (χ1) is 8.90. The summed E-state index contributed by atoms with van der Waals surface area (Å²) in [4.78, 5) is 4.47. The standard InChI is InChI=1S/C13H21N3O2/c1-2-7-17-11(5-1)9-12-15-13(18-16-12)8-10-4-3-6-14-10/h10-11,14H,1-9H2. The summed E-state index contributed by atoms with van der Waals surface area (Å²) in [5.41, 5.74) is 0. The molecule has 100 valence electrons. The van der Waals surface area contributed by atoms with Crippen molar-refractivity contribution in [3.63, 3.8) is 0 Å². The van der Waals surface area contributed by atoms with Crippen LogP contribution < -0.4 is 5.32 Å². The number of hydrogen-bond acceptors (Lipinski definition) is 5. The minimum atomic E-state index is 0.286. The highest BCUT2D eigenvalue weighted by Gasteiger charge is 2.20. The molecule has 2 aliphatic rings. The lowest BCUT2D eigenvalue weighted by Gasteiger charge is -2.20. The Labute approximate surface area is 107 Å². The molecule has 1 N–H and O–H groups in total. The van der Waals surface area contributed by atoms with Gasteiger partial charge in [0.2, 0.25) is 5.89 Å². The highest BCUT2D eigenvalue weighted by molar-refractivity contribution is 4.93. The molecule has 0 aliphatic carbocycles. The van der Waals surface area contributed by atoms with Crippen molar-refractivity contribution < 1.29 is 9.26 Å². The molecule has 0 aromatic carbocycles. The first kappa shape index (κ1) is 12.1. The molecule has 2 fully saturated rings. The quantitative estimate of drug-likeness (QED) is 0.878. The first-order valence-electron chi connectivity index (χ1n) is 7.06. The van der Waals surface area contributed by atoms with E-state index in [2.05, 4.69) is 15.5 Å². The zero-order valence-corrected chi connectivity index (χ0v) is 10.7. The molecule has 0 radical (unpaired) electrons. The van der Waals surface area contributed by atoms with Crippen LogP contribution in [0.1, 0.15) is 43.8 Å². The maximum absolute atomic E-state index is 5.69. The van der Waals surface area contributed by atoms with Crippen LogP contribution in [0.15, 0.2) is 4.52 Å². The van der Waals surface area contributed by atoms with Crippen molar-refractivity contribution in [1.29, 1.82) is 0 Å². The third kappa shape index (κ3) is 3.09. The normalized spacial score (nSPS) is 28.7.